The van der Waals surface area contributed by atoms with E-state index in [0.717, 1.165) is 19.3 Å². The summed E-state index contributed by atoms with van der Waals surface area (Å²) in [6, 6.07) is 0. The molecule has 0 aliphatic heterocycles. The maximum absolute atomic E-state index is 12.4. The monoisotopic (exact) mass is 234 g/mol. The van der Waals surface area contributed by atoms with E-state index < -0.39 is 14.9 Å². The molecule has 90 valence electrons. The van der Waals surface area contributed by atoms with E-state index in [0.29, 0.717) is 18.3 Å². The average molecular weight is 234 g/mol. The lowest BCUT2D eigenvalue weighted by Crippen LogP contribution is -2.53. The van der Waals surface area contributed by atoms with Gasteiger partial charge in [0.25, 0.3) is 0 Å². The molecule has 4 atom stereocenters. The summed E-state index contributed by atoms with van der Waals surface area (Å²) in [5, 5.41) is -0.845. The van der Waals surface area contributed by atoms with Gasteiger partial charge in [0, 0.05) is 0 Å². The Kier molecular flexibility index (Phi) is 2.53. The van der Waals surface area contributed by atoms with Gasteiger partial charge in [-0.1, -0.05) is 13.3 Å². The third-order valence-corrected chi connectivity index (χ3v) is 8.14. The van der Waals surface area contributed by atoms with Crippen LogP contribution in [0.25, 0.3) is 0 Å². The van der Waals surface area contributed by atoms with Gasteiger partial charge < -0.3 is 9.11 Å². The highest BCUT2D eigenvalue weighted by atomic mass is 32.3. The third kappa shape index (κ3) is 1.67. The van der Waals surface area contributed by atoms with Crippen LogP contribution in [0.2, 0.25) is 0 Å². The lowest BCUT2D eigenvalue weighted by atomic mass is 10.0. The van der Waals surface area contributed by atoms with E-state index in [1.165, 1.54) is 6.42 Å². The van der Waals surface area contributed by atoms with Crippen molar-refractivity contribution >= 4 is 9.63 Å². The van der Waals surface area contributed by atoms with E-state index in [1.807, 2.05) is 6.92 Å². The minimum Gasteiger partial charge on any atom is -0.307 e. The summed E-state index contributed by atoms with van der Waals surface area (Å²) in [5.74, 6) is 0.881. The second-order valence-electron chi connectivity index (χ2n) is 5.41. The Hall–Kier alpha value is 0.0700. The van der Waals surface area contributed by atoms with E-state index in [1.54, 1.807) is 6.92 Å². The van der Waals surface area contributed by atoms with Gasteiger partial charge in [0.05, 0.1) is 20.1 Å². The summed E-state index contributed by atoms with van der Waals surface area (Å²) in [4.78, 5) is 0. The molecule has 0 radical (unpaired) electrons. The van der Waals surface area contributed by atoms with E-state index in [2.05, 4.69) is 0 Å². The van der Waals surface area contributed by atoms with Crippen LogP contribution in [-0.4, -0.2) is 23.8 Å². The largest absolute Gasteiger partial charge is 0.307 e. The van der Waals surface area contributed by atoms with Gasteiger partial charge in [-0.3, -0.25) is 0 Å². The summed E-state index contributed by atoms with van der Waals surface area (Å²) < 4.78 is 32.8. The standard InChI is InChI=1S/C11H22O3S/c1-3-8(2)15(12,13,14)11-7-9-4-5-10(11)6-9/h8-11H,3-7H2,1-2H3,(H2,12,13,14). The van der Waals surface area contributed by atoms with Crippen molar-refractivity contribution in [3.8, 4) is 0 Å². The molecule has 0 heterocycles. The molecular weight excluding hydrogens is 212 g/mol. The Morgan fingerprint density at radius 2 is 2.00 bits per heavy atom. The lowest BCUT2D eigenvalue weighted by Gasteiger charge is -2.44. The first-order valence-corrected chi connectivity index (χ1v) is 7.99. The van der Waals surface area contributed by atoms with Gasteiger partial charge in [0.15, 0.2) is 0 Å². The van der Waals surface area contributed by atoms with Crippen molar-refractivity contribution in [1.82, 2.24) is 0 Å². The zero-order valence-electron chi connectivity index (χ0n) is 9.56. The van der Waals surface area contributed by atoms with Crippen LogP contribution in [0.4, 0.5) is 0 Å². The maximum atomic E-state index is 12.4. The highest BCUT2D eigenvalue weighted by molar-refractivity contribution is 8.11. The summed E-state index contributed by atoms with van der Waals surface area (Å²) in [6.07, 6.45) is 4.59. The second-order valence-corrected chi connectivity index (χ2v) is 8.79. The van der Waals surface area contributed by atoms with Crippen LogP contribution in [0.15, 0.2) is 0 Å². The van der Waals surface area contributed by atoms with Crippen molar-refractivity contribution in [2.24, 2.45) is 11.8 Å². The van der Waals surface area contributed by atoms with E-state index >= 15 is 0 Å². The van der Waals surface area contributed by atoms with Gasteiger partial charge in [-0.2, -0.15) is 0 Å². The molecule has 0 aromatic rings. The zero-order chi connectivity index (χ0) is 11.3. The number of hydrogen-bond donors (Lipinski definition) is 2. The topological polar surface area (TPSA) is 57.5 Å². The van der Waals surface area contributed by atoms with Crippen molar-refractivity contribution in [3.05, 3.63) is 0 Å². The van der Waals surface area contributed by atoms with Crippen LogP contribution in [0.1, 0.15) is 46.0 Å². The fraction of sp³-hybridized carbons (Fsp3) is 1.00. The van der Waals surface area contributed by atoms with Crippen molar-refractivity contribution < 1.29 is 13.3 Å². The van der Waals surface area contributed by atoms with Gasteiger partial charge in [-0.25, -0.2) is 4.21 Å². The van der Waals surface area contributed by atoms with Crippen molar-refractivity contribution in [2.45, 2.75) is 56.5 Å². The van der Waals surface area contributed by atoms with Gasteiger partial charge >= 0.3 is 0 Å². The van der Waals surface area contributed by atoms with Crippen LogP contribution in [0.5, 0.6) is 0 Å². The first kappa shape index (κ1) is 11.6. The molecule has 3 nitrogen and oxygen atoms in total. The van der Waals surface area contributed by atoms with Crippen LogP contribution in [0.3, 0.4) is 0 Å². The maximum Gasteiger partial charge on any atom is 0.0881 e. The molecule has 4 unspecified atom stereocenters. The van der Waals surface area contributed by atoms with E-state index in [-0.39, 0.29) is 5.25 Å². The Morgan fingerprint density at radius 1 is 1.33 bits per heavy atom. The summed E-state index contributed by atoms with van der Waals surface area (Å²) in [6.45, 7) is 3.55. The molecule has 4 heteroatoms. The normalized spacial score (nSPS) is 40.0. The smallest absolute Gasteiger partial charge is 0.0881 e. The molecule has 0 spiro atoms. The molecule has 2 saturated carbocycles. The highest BCUT2D eigenvalue weighted by Gasteiger charge is 2.54. The first-order valence-electron chi connectivity index (χ1n) is 5.98. The molecule has 2 aliphatic rings. The quantitative estimate of drug-likeness (QED) is 0.789. The predicted molar refractivity (Wildman–Crippen MR) is 62.4 cm³/mol. The fourth-order valence-corrected chi connectivity index (χ4v) is 6.17. The van der Waals surface area contributed by atoms with Crippen LogP contribution < -0.4 is 0 Å². The molecule has 2 bridgehead atoms. The Bertz CT molecular complexity index is 320. The minimum atomic E-state index is -4.39. The molecule has 15 heavy (non-hydrogen) atoms. The average Bonchev–Trinajstić information content (AvgIpc) is 2.76. The summed E-state index contributed by atoms with van der Waals surface area (Å²) in [7, 11) is -4.39. The SMILES string of the molecule is CCC(C)S(=O)(O)(O)C1CC2CCC1C2. The van der Waals surface area contributed by atoms with Crippen LogP contribution in [-0.2, 0) is 9.63 Å². The molecule has 2 aliphatic carbocycles. The highest BCUT2D eigenvalue weighted by Crippen LogP contribution is 2.53. The fourth-order valence-electron chi connectivity index (χ4n) is 3.34. The van der Waals surface area contributed by atoms with Gasteiger partial charge in [0.2, 0.25) is 0 Å². The van der Waals surface area contributed by atoms with E-state index in [4.69, 9.17) is 0 Å². The van der Waals surface area contributed by atoms with Crippen molar-refractivity contribution in [1.29, 1.82) is 0 Å². The Balaban J connectivity index is 2.26. The third-order valence-electron chi connectivity index (χ3n) is 4.57. The number of fused-ring (bicyclic) bond motifs is 2. The zero-order valence-corrected chi connectivity index (χ0v) is 10.4. The number of rotatable bonds is 3. The molecule has 2 N–H and O–H groups in total. The molecule has 0 aromatic carbocycles. The summed E-state index contributed by atoms with van der Waals surface area (Å²) >= 11 is 0. The Morgan fingerprint density at radius 3 is 2.40 bits per heavy atom. The molecule has 0 aromatic heterocycles. The Labute approximate surface area is 91.7 Å². The molecule has 2 fully saturated rings. The molecule has 0 saturated heterocycles. The molecule has 2 rings (SSSR count). The number of hydrogen-bond acceptors (Lipinski definition) is 1. The van der Waals surface area contributed by atoms with Gasteiger partial charge in [-0.05, 0) is 44.4 Å². The van der Waals surface area contributed by atoms with Gasteiger partial charge in [0.1, 0.15) is 0 Å². The first-order chi connectivity index (χ1) is 6.83. The van der Waals surface area contributed by atoms with Crippen molar-refractivity contribution in [2.75, 3.05) is 0 Å². The molecular formula is C11H22O3S. The predicted octanol–water partition coefficient (Wildman–Crippen LogP) is 2.74. The van der Waals surface area contributed by atoms with Crippen molar-refractivity contribution in [3.63, 3.8) is 0 Å². The lowest BCUT2D eigenvalue weighted by molar-refractivity contribution is 0.330. The second kappa shape index (κ2) is 3.28. The summed E-state index contributed by atoms with van der Waals surface area (Å²) in [5.41, 5.74) is 0. The molecule has 0 amide bonds. The van der Waals surface area contributed by atoms with Crippen LogP contribution >= 0.6 is 0 Å². The van der Waals surface area contributed by atoms with Gasteiger partial charge in [-0.15, -0.1) is 0 Å². The van der Waals surface area contributed by atoms with Crippen LogP contribution in [0, 0.1) is 11.8 Å². The van der Waals surface area contributed by atoms with E-state index in [9.17, 15) is 13.3 Å². The minimum absolute atomic E-state index is 0.290.